The molecule has 1 heterocycles. The standard InChI is InChI=1S/C3H6B3/c1-3-2-4-6-5-3/h3H,2H2,1H3. The van der Waals surface area contributed by atoms with E-state index in [1.165, 1.54) is 6.32 Å². The molecule has 3 radical (unpaired) electrons. The number of hydrogen-bond acceptors (Lipinski definition) is 0. The van der Waals surface area contributed by atoms with Crippen molar-refractivity contribution in [1.29, 1.82) is 0 Å². The summed E-state index contributed by atoms with van der Waals surface area (Å²) < 4.78 is 0. The van der Waals surface area contributed by atoms with Crippen LogP contribution in [-0.2, 0) is 0 Å². The third-order valence-electron chi connectivity index (χ3n) is 1.08. The zero-order valence-corrected chi connectivity index (χ0v) is 4.02. The molecule has 0 amide bonds. The Kier molecular flexibility index (Phi) is 1.28. The molecule has 3 heteroatoms. The van der Waals surface area contributed by atoms with Gasteiger partial charge in [-0.05, 0) is 0 Å². The lowest BCUT2D eigenvalue weighted by Gasteiger charge is -1.92. The van der Waals surface area contributed by atoms with Crippen molar-refractivity contribution in [3.05, 3.63) is 0 Å². The molecular formula is C3H6B3. The van der Waals surface area contributed by atoms with E-state index in [0.717, 1.165) is 5.82 Å². The molecule has 0 nitrogen and oxygen atoms in total. The Labute approximate surface area is 41.4 Å². The molecule has 0 aliphatic carbocycles. The second-order valence-corrected chi connectivity index (χ2v) is 1.83. The van der Waals surface area contributed by atoms with E-state index in [1.807, 2.05) is 0 Å². The van der Waals surface area contributed by atoms with Crippen LogP contribution in [0.15, 0.2) is 0 Å². The van der Waals surface area contributed by atoms with Crippen molar-refractivity contribution in [2.24, 2.45) is 0 Å². The molecule has 1 aliphatic heterocycles. The molecule has 1 rings (SSSR count). The second-order valence-electron chi connectivity index (χ2n) is 1.83. The molecule has 1 fully saturated rings. The highest BCUT2D eigenvalue weighted by atomic mass is 13.8. The van der Waals surface area contributed by atoms with Crippen molar-refractivity contribution < 1.29 is 0 Å². The summed E-state index contributed by atoms with van der Waals surface area (Å²) in [5, 5.41) is 0. The first kappa shape index (κ1) is 4.36. The Bertz CT molecular complexity index is 39.3. The zero-order valence-electron chi connectivity index (χ0n) is 4.02. The van der Waals surface area contributed by atoms with Crippen LogP contribution in [0.4, 0.5) is 0 Å². The largest absolute Gasteiger partial charge is 0.0946 e. The smallest absolute Gasteiger partial charge is 0.0582 e. The van der Waals surface area contributed by atoms with Gasteiger partial charge in [-0.2, -0.15) is 0 Å². The third-order valence-corrected chi connectivity index (χ3v) is 1.08. The van der Waals surface area contributed by atoms with Gasteiger partial charge in [0.1, 0.15) is 0 Å². The summed E-state index contributed by atoms with van der Waals surface area (Å²) in [7, 11) is 6.55. The van der Waals surface area contributed by atoms with Gasteiger partial charge >= 0.3 is 0 Å². The van der Waals surface area contributed by atoms with Crippen molar-refractivity contribution in [2.45, 2.75) is 19.1 Å². The van der Waals surface area contributed by atoms with Crippen LogP contribution in [0.2, 0.25) is 12.1 Å². The first-order chi connectivity index (χ1) is 2.89. The van der Waals surface area contributed by atoms with Gasteiger partial charge in [-0.15, -0.1) is 0 Å². The minimum atomic E-state index is 0.810. The van der Waals surface area contributed by atoms with E-state index in [-0.39, 0.29) is 0 Å². The maximum Gasteiger partial charge on any atom is 0.0582 e. The predicted molar refractivity (Wildman–Crippen MR) is 31.5 cm³/mol. The van der Waals surface area contributed by atoms with Gasteiger partial charge in [0.25, 0.3) is 0 Å². The van der Waals surface area contributed by atoms with Crippen molar-refractivity contribution in [3.8, 4) is 0 Å². The van der Waals surface area contributed by atoms with Crippen LogP contribution >= 0.6 is 0 Å². The molecule has 1 saturated heterocycles. The monoisotopic (exact) mass is 75.1 g/mol. The molecule has 0 bridgehead atoms. The highest BCUT2D eigenvalue weighted by Crippen LogP contribution is 2.10. The molecule has 0 spiro atoms. The van der Waals surface area contributed by atoms with Crippen LogP contribution in [0, 0.1) is 0 Å². The molecule has 6 heavy (non-hydrogen) atoms. The van der Waals surface area contributed by atoms with Gasteiger partial charge in [-0.3, -0.25) is 0 Å². The summed E-state index contributed by atoms with van der Waals surface area (Å²) in [5.41, 5.74) is 0. The van der Waals surface area contributed by atoms with Gasteiger partial charge in [-0.1, -0.05) is 19.1 Å². The average Bonchev–Trinajstić information content (AvgIpc) is 1.86. The van der Waals surface area contributed by atoms with Gasteiger partial charge in [-0.25, -0.2) is 0 Å². The Morgan fingerprint density at radius 1 is 1.67 bits per heavy atom. The number of hydrogen-bond donors (Lipinski definition) is 0. The molecular weight excluding hydrogens is 68.5 g/mol. The van der Waals surface area contributed by atoms with Gasteiger partial charge < -0.3 is 0 Å². The van der Waals surface area contributed by atoms with Crippen LogP contribution < -0.4 is 0 Å². The third kappa shape index (κ3) is 0.827. The van der Waals surface area contributed by atoms with E-state index in [1.54, 1.807) is 0 Å². The maximum absolute atomic E-state index is 2.22. The highest BCUT2D eigenvalue weighted by molar-refractivity contribution is 7.32. The molecule has 0 aromatic heterocycles. The lowest BCUT2D eigenvalue weighted by molar-refractivity contribution is 1.07. The van der Waals surface area contributed by atoms with Crippen LogP contribution in [0.3, 0.4) is 0 Å². The molecule has 0 aromatic rings. The SMILES string of the molecule is CC1[B][B][B]C1. The lowest BCUT2D eigenvalue weighted by Crippen LogP contribution is -1.98. The van der Waals surface area contributed by atoms with Crippen LogP contribution in [0.25, 0.3) is 0 Å². The fourth-order valence-electron chi connectivity index (χ4n) is 0.640. The predicted octanol–water partition coefficient (Wildman–Crippen LogP) is 0.169. The summed E-state index contributed by atoms with van der Waals surface area (Å²) in [6.07, 6.45) is 1.25. The normalized spacial score (nSPS) is 30.5. The Hall–Kier alpha value is 0.195. The summed E-state index contributed by atoms with van der Waals surface area (Å²) in [4.78, 5) is 0. The summed E-state index contributed by atoms with van der Waals surface area (Å²) in [6.45, 7) is 2.22. The highest BCUT2D eigenvalue weighted by Gasteiger charge is 2.10. The first-order valence-corrected chi connectivity index (χ1v) is 2.39. The molecule has 1 atom stereocenters. The first-order valence-electron chi connectivity index (χ1n) is 2.39. The summed E-state index contributed by atoms with van der Waals surface area (Å²) in [6, 6.07) is 0. The molecule has 1 aliphatic rings. The van der Waals surface area contributed by atoms with Crippen LogP contribution in [0.1, 0.15) is 6.92 Å². The van der Waals surface area contributed by atoms with Gasteiger partial charge in [0.05, 0.1) is 14.3 Å². The van der Waals surface area contributed by atoms with Crippen molar-refractivity contribution in [1.82, 2.24) is 0 Å². The Balaban J connectivity index is 2.18. The molecule has 0 N–H and O–H groups in total. The Morgan fingerprint density at radius 2 is 2.50 bits per heavy atom. The van der Waals surface area contributed by atoms with E-state index >= 15 is 0 Å². The summed E-state index contributed by atoms with van der Waals surface area (Å²) >= 11 is 0. The van der Waals surface area contributed by atoms with Gasteiger partial charge in [0.15, 0.2) is 0 Å². The average molecular weight is 74.5 g/mol. The molecule has 0 aromatic carbocycles. The van der Waals surface area contributed by atoms with Gasteiger partial charge in [0, 0.05) is 7.06 Å². The van der Waals surface area contributed by atoms with E-state index in [9.17, 15) is 0 Å². The quantitative estimate of drug-likeness (QED) is 0.359. The van der Waals surface area contributed by atoms with Crippen molar-refractivity contribution in [3.63, 3.8) is 0 Å². The van der Waals surface area contributed by atoms with E-state index in [2.05, 4.69) is 28.3 Å². The number of rotatable bonds is 0. The fourth-order valence-corrected chi connectivity index (χ4v) is 0.640. The second kappa shape index (κ2) is 1.77. The van der Waals surface area contributed by atoms with E-state index in [0.29, 0.717) is 0 Å². The lowest BCUT2D eigenvalue weighted by atomic mass is 9.25. The fraction of sp³-hybridized carbons (Fsp3) is 1.00. The topological polar surface area (TPSA) is 0 Å². The van der Waals surface area contributed by atoms with Gasteiger partial charge in [0.2, 0.25) is 0 Å². The minimum Gasteiger partial charge on any atom is -0.0946 e. The Morgan fingerprint density at radius 3 is 2.67 bits per heavy atom. The van der Waals surface area contributed by atoms with Crippen LogP contribution in [-0.4, -0.2) is 21.4 Å². The van der Waals surface area contributed by atoms with Crippen molar-refractivity contribution in [2.75, 3.05) is 0 Å². The maximum atomic E-state index is 2.22. The van der Waals surface area contributed by atoms with E-state index in [4.69, 9.17) is 0 Å². The zero-order chi connectivity index (χ0) is 4.41. The summed E-state index contributed by atoms with van der Waals surface area (Å²) in [5.74, 6) is 0.810. The molecule has 27 valence electrons. The minimum absolute atomic E-state index is 0.810. The molecule has 0 saturated carbocycles. The van der Waals surface area contributed by atoms with E-state index < -0.39 is 0 Å². The van der Waals surface area contributed by atoms with Crippen LogP contribution in [0.5, 0.6) is 0 Å². The molecule has 1 unspecified atom stereocenters. The van der Waals surface area contributed by atoms with Crippen molar-refractivity contribution >= 4 is 21.4 Å².